The minimum atomic E-state index is -1.05. The van der Waals surface area contributed by atoms with Crippen molar-refractivity contribution >= 4 is 28.3 Å². The Morgan fingerprint density at radius 3 is 2.45 bits per heavy atom. The van der Waals surface area contributed by atoms with Crippen LogP contribution in [0.15, 0.2) is 66.7 Å². The van der Waals surface area contributed by atoms with Gasteiger partial charge in [0.05, 0.1) is 13.5 Å². The van der Waals surface area contributed by atoms with E-state index in [9.17, 15) is 14.7 Å². The number of fused-ring (bicyclic) bond motifs is 1. The molecule has 1 atom stereocenters. The van der Waals surface area contributed by atoms with Gasteiger partial charge in [0.1, 0.15) is 11.8 Å². The van der Waals surface area contributed by atoms with Crippen LogP contribution < -0.4 is 15.4 Å². The van der Waals surface area contributed by atoms with Crippen LogP contribution in [-0.2, 0) is 16.0 Å². The molecular formula is C23H24N2O4. The number of carboxylic acid groups (broad SMARTS) is 1. The van der Waals surface area contributed by atoms with E-state index in [0.29, 0.717) is 18.7 Å². The standard InChI is InChI=1S/C23H24N2O4/c1-29-18-11-9-16(10-12-18)13-14-24-21(23(27)28)15-22(26)25-20-8-4-6-17-5-2-3-7-19(17)20/h2-12,21,24H,13-15H2,1H3,(H,25,26)(H,27,28)/t21-/m0/s1. The molecule has 0 saturated carbocycles. The van der Waals surface area contributed by atoms with Crippen LogP contribution in [0, 0.1) is 0 Å². The zero-order chi connectivity index (χ0) is 20.6. The highest BCUT2D eigenvalue weighted by Crippen LogP contribution is 2.23. The molecule has 0 aliphatic heterocycles. The van der Waals surface area contributed by atoms with Crippen molar-refractivity contribution in [2.45, 2.75) is 18.9 Å². The highest BCUT2D eigenvalue weighted by molar-refractivity contribution is 6.03. The second kappa shape index (κ2) is 9.71. The number of carboxylic acids is 1. The van der Waals surface area contributed by atoms with Crippen molar-refractivity contribution in [2.75, 3.05) is 19.0 Å². The first kappa shape index (κ1) is 20.4. The lowest BCUT2D eigenvalue weighted by atomic mass is 10.1. The number of aliphatic carboxylic acids is 1. The number of rotatable bonds is 9. The number of methoxy groups -OCH3 is 1. The predicted molar refractivity (Wildman–Crippen MR) is 113 cm³/mol. The second-order valence-corrected chi connectivity index (χ2v) is 6.72. The zero-order valence-corrected chi connectivity index (χ0v) is 16.2. The molecule has 3 rings (SSSR count). The maximum Gasteiger partial charge on any atom is 0.321 e. The van der Waals surface area contributed by atoms with Crippen molar-refractivity contribution in [2.24, 2.45) is 0 Å². The first-order valence-electron chi connectivity index (χ1n) is 9.43. The summed E-state index contributed by atoms with van der Waals surface area (Å²) in [5, 5.41) is 17.2. The maximum atomic E-state index is 12.4. The van der Waals surface area contributed by atoms with Crippen LogP contribution in [0.3, 0.4) is 0 Å². The molecule has 0 bridgehead atoms. The summed E-state index contributed by atoms with van der Waals surface area (Å²) in [4.78, 5) is 24.0. The normalized spacial score (nSPS) is 11.8. The van der Waals surface area contributed by atoms with Gasteiger partial charge in [0.15, 0.2) is 0 Å². The average molecular weight is 392 g/mol. The summed E-state index contributed by atoms with van der Waals surface area (Å²) in [5.74, 6) is -0.617. The van der Waals surface area contributed by atoms with Crippen LogP contribution in [0.25, 0.3) is 10.8 Å². The number of carbonyl (C=O) groups is 2. The molecule has 0 radical (unpaired) electrons. The Hall–Kier alpha value is -3.38. The van der Waals surface area contributed by atoms with Crippen molar-refractivity contribution in [1.82, 2.24) is 5.32 Å². The summed E-state index contributed by atoms with van der Waals surface area (Å²) >= 11 is 0. The number of carbonyl (C=O) groups excluding carboxylic acids is 1. The Kier molecular flexibility index (Phi) is 6.81. The Labute approximate surface area is 169 Å². The predicted octanol–water partition coefficient (Wildman–Crippen LogP) is 3.46. The molecule has 0 aromatic heterocycles. The fourth-order valence-electron chi connectivity index (χ4n) is 3.15. The average Bonchev–Trinajstić information content (AvgIpc) is 2.73. The monoisotopic (exact) mass is 392 g/mol. The quantitative estimate of drug-likeness (QED) is 0.519. The summed E-state index contributed by atoms with van der Waals surface area (Å²) < 4.78 is 5.12. The third kappa shape index (κ3) is 5.56. The zero-order valence-electron chi connectivity index (χ0n) is 16.2. The molecule has 0 aliphatic rings. The topological polar surface area (TPSA) is 87.7 Å². The van der Waals surface area contributed by atoms with Crippen LogP contribution in [0.2, 0.25) is 0 Å². The molecule has 3 aromatic carbocycles. The molecule has 0 spiro atoms. The van der Waals surface area contributed by atoms with Gasteiger partial charge in [0.2, 0.25) is 5.91 Å². The van der Waals surface area contributed by atoms with Crippen molar-refractivity contribution in [3.8, 4) is 5.75 Å². The van der Waals surface area contributed by atoms with Gasteiger partial charge in [-0.05, 0) is 42.1 Å². The van der Waals surface area contributed by atoms with E-state index in [-0.39, 0.29) is 12.3 Å². The lowest BCUT2D eigenvalue weighted by Crippen LogP contribution is -2.40. The van der Waals surface area contributed by atoms with E-state index in [4.69, 9.17) is 4.74 Å². The first-order chi connectivity index (χ1) is 14.1. The fourth-order valence-corrected chi connectivity index (χ4v) is 3.15. The summed E-state index contributed by atoms with van der Waals surface area (Å²) in [6.45, 7) is 0.449. The van der Waals surface area contributed by atoms with E-state index in [1.165, 1.54) is 0 Å². The summed E-state index contributed by atoms with van der Waals surface area (Å²) in [6, 6.07) is 20.0. The van der Waals surface area contributed by atoms with E-state index >= 15 is 0 Å². The number of nitrogens with one attached hydrogen (secondary N) is 2. The Bertz CT molecular complexity index is 980. The van der Waals surface area contributed by atoms with Gasteiger partial charge in [0, 0.05) is 11.1 Å². The van der Waals surface area contributed by atoms with Crippen LogP contribution in [0.1, 0.15) is 12.0 Å². The Morgan fingerprint density at radius 1 is 1.00 bits per heavy atom. The number of amides is 1. The lowest BCUT2D eigenvalue weighted by molar-refractivity contribution is -0.141. The molecular weight excluding hydrogens is 368 g/mol. The van der Waals surface area contributed by atoms with Gasteiger partial charge < -0.3 is 20.5 Å². The van der Waals surface area contributed by atoms with Crippen LogP contribution >= 0.6 is 0 Å². The Morgan fingerprint density at radius 2 is 1.72 bits per heavy atom. The maximum absolute atomic E-state index is 12.4. The molecule has 0 saturated heterocycles. The molecule has 0 unspecified atom stereocenters. The molecule has 3 N–H and O–H groups in total. The number of hydrogen-bond donors (Lipinski definition) is 3. The number of anilines is 1. The number of benzene rings is 3. The second-order valence-electron chi connectivity index (χ2n) is 6.72. The van der Waals surface area contributed by atoms with Gasteiger partial charge in [-0.15, -0.1) is 0 Å². The largest absolute Gasteiger partial charge is 0.497 e. The first-order valence-corrected chi connectivity index (χ1v) is 9.43. The Balaban J connectivity index is 1.56. The van der Waals surface area contributed by atoms with Crippen LogP contribution in [0.5, 0.6) is 5.75 Å². The molecule has 1 amide bonds. The summed E-state index contributed by atoms with van der Waals surface area (Å²) in [5.41, 5.74) is 1.73. The molecule has 29 heavy (non-hydrogen) atoms. The van der Waals surface area contributed by atoms with E-state index in [1.807, 2.05) is 66.7 Å². The molecule has 0 fully saturated rings. The van der Waals surface area contributed by atoms with Crippen molar-refractivity contribution < 1.29 is 19.4 Å². The fraction of sp³-hybridized carbons (Fsp3) is 0.217. The highest BCUT2D eigenvalue weighted by atomic mass is 16.5. The highest BCUT2D eigenvalue weighted by Gasteiger charge is 2.21. The third-order valence-electron chi connectivity index (χ3n) is 4.71. The minimum Gasteiger partial charge on any atom is -0.497 e. The van der Waals surface area contributed by atoms with Gasteiger partial charge in [-0.25, -0.2) is 0 Å². The molecule has 150 valence electrons. The van der Waals surface area contributed by atoms with Crippen LogP contribution in [-0.4, -0.2) is 36.7 Å². The van der Waals surface area contributed by atoms with Gasteiger partial charge in [0.25, 0.3) is 0 Å². The van der Waals surface area contributed by atoms with Gasteiger partial charge in [-0.1, -0.05) is 48.5 Å². The van der Waals surface area contributed by atoms with Gasteiger partial charge >= 0.3 is 5.97 Å². The lowest BCUT2D eigenvalue weighted by Gasteiger charge is -2.15. The van der Waals surface area contributed by atoms with Crippen molar-refractivity contribution in [3.63, 3.8) is 0 Å². The van der Waals surface area contributed by atoms with Gasteiger partial charge in [-0.3, -0.25) is 9.59 Å². The third-order valence-corrected chi connectivity index (χ3v) is 4.71. The van der Waals surface area contributed by atoms with E-state index in [0.717, 1.165) is 22.1 Å². The minimum absolute atomic E-state index is 0.152. The number of hydrogen-bond acceptors (Lipinski definition) is 4. The molecule has 0 heterocycles. The van der Waals surface area contributed by atoms with Crippen molar-refractivity contribution in [3.05, 3.63) is 72.3 Å². The SMILES string of the molecule is COc1ccc(CCN[C@@H](CC(=O)Nc2cccc3ccccc23)C(=O)O)cc1. The van der Waals surface area contributed by atoms with Crippen LogP contribution in [0.4, 0.5) is 5.69 Å². The van der Waals surface area contributed by atoms with Gasteiger partial charge in [-0.2, -0.15) is 0 Å². The molecule has 3 aromatic rings. The summed E-state index contributed by atoms with van der Waals surface area (Å²) in [6.07, 6.45) is 0.500. The van der Waals surface area contributed by atoms with Crippen molar-refractivity contribution in [1.29, 1.82) is 0 Å². The van der Waals surface area contributed by atoms with E-state index < -0.39 is 12.0 Å². The molecule has 6 nitrogen and oxygen atoms in total. The summed E-state index contributed by atoms with van der Waals surface area (Å²) in [7, 11) is 1.61. The van der Waals surface area contributed by atoms with E-state index in [2.05, 4.69) is 10.6 Å². The molecule has 0 aliphatic carbocycles. The smallest absolute Gasteiger partial charge is 0.321 e. The van der Waals surface area contributed by atoms with E-state index in [1.54, 1.807) is 7.11 Å². The number of ether oxygens (including phenoxy) is 1. The molecule has 6 heteroatoms.